The third-order valence-electron chi connectivity index (χ3n) is 5.32. The Morgan fingerprint density at radius 1 is 1.09 bits per heavy atom. The van der Waals surface area contributed by atoms with Crippen molar-refractivity contribution in [3.05, 3.63) is 52.3 Å². The van der Waals surface area contributed by atoms with Gasteiger partial charge in [0, 0.05) is 34.8 Å². The zero-order valence-corrected chi connectivity index (χ0v) is 19.5. The Morgan fingerprint density at radius 3 is 2.62 bits per heavy atom. The average molecular weight is 452 g/mol. The van der Waals surface area contributed by atoms with E-state index >= 15 is 0 Å². The summed E-state index contributed by atoms with van der Waals surface area (Å²) in [5.41, 5.74) is 6.38. The number of nitrogens with one attached hydrogen (secondary N) is 1. The molecule has 0 aliphatic carbocycles. The first-order chi connectivity index (χ1) is 15.4. The summed E-state index contributed by atoms with van der Waals surface area (Å²) in [5.74, 6) is 1.20. The van der Waals surface area contributed by atoms with Crippen LogP contribution in [0.3, 0.4) is 0 Å². The van der Waals surface area contributed by atoms with Crippen molar-refractivity contribution in [2.24, 2.45) is 0 Å². The molecule has 9 heteroatoms. The summed E-state index contributed by atoms with van der Waals surface area (Å²) in [6.07, 6.45) is 0.916. The summed E-state index contributed by atoms with van der Waals surface area (Å²) in [6.45, 7) is 5.93. The number of methoxy groups -OCH3 is 2. The normalized spacial score (nSPS) is 11.0. The van der Waals surface area contributed by atoms with Gasteiger partial charge in [0.25, 0.3) is 0 Å². The predicted octanol–water partition coefficient (Wildman–Crippen LogP) is 4.37. The maximum Gasteiger partial charge on any atom is 0.226 e. The fourth-order valence-corrected chi connectivity index (χ4v) is 4.42. The molecule has 1 N–H and O–H groups in total. The van der Waals surface area contributed by atoms with Gasteiger partial charge in [-0.15, -0.1) is 11.3 Å². The summed E-state index contributed by atoms with van der Waals surface area (Å²) in [7, 11) is 3.19. The molecule has 0 fully saturated rings. The lowest BCUT2D eigenvalue weighted by atomic mass is 10.1. The van der Waals surface area contributed by atoms with Crippen LogP contribution in [-0.2, 0) is 11.2 Å². The third kappa shape index (κ3) is 4.29. The van der Waals surface area contributed by atoms with E-state index < -0.39 is 0 Å². The van der Waals surface area contributed by atoms with Gasteiger partial charge in [0.2, 0.25) is 5.91 Å². The molecule has 0 radical (unpaired) electrons. The molecule has 32 heavy (non-hydrogen) atoms. The Hall–Kier alpha value is -3.46. The van der Waals surface area contributed by atoms with Gasteiger partial charge in [-0.3, -0.25) is 4.79 Å². The molecule has 0 saturated heterocycles. The van der Waals surface area contributed by atoms with Crippen molar-refractivity contribution in [2.45, 2.75) is 33.6 Å². The highest BCUT2D eigenvalue weighted by Crippen LogP contribution is 2.33. The van der Waals surface area contributed by atoms with Crippen molar-refractivity contribution in [3.63, 3.8) is 0 Å². The molecule has 4 rings (SSSR count). The number of thiazole rings is 1. The number of carbonyl (C=O) groups excluding carboxylic acids is 1. The highest BCUT2D eigenvalue weighted by molar-refractivity contribution is 7.14. The van der Waals surface area contributed by atoms with Crippen LogP contribution in [0.15, 0.2) is 29.6 Å². The largest absolute Gasteiger partial charge is 0.493 e. The Kier molecular flexibility index (Phi) is 6.09. The van der Waals surface area contributed by atoms with Crippen LogP contribution in [0.1, 0.15) is 29.1 Å². The number of amides is 1. The number of nitrogens with zero attached hydrogens (tertiary/aromatic N) is 4. The number of ether oxygens (including phenoxy) is 2. The van der Waals surface area contributed by atoms with Gasteiger partial charge in [-0.25, -0.2) is 14.5 Å². The lowest BCUT2D eigenvalue weighted by molar-refractivity contribution is -0.116. The molecular weight excluding hydrogens is 426 g/mol. The molecule has 0 aliphatic heterocycles. The molecule has 3 heterocycles. The summed E-state index contributed by atoms with van der Waals surface area (Å²) >= 11 is 1.39. The van der Waals surface area contributed by atoms with Gasteiger partial charge >= 0.3 is 0 Å². The fourth-order valence-electron chi connectivity index (χ4n) is 3.68. The maximum atomic E-state index is 12.6. The van der Waals surface area contributed by atoms with E-state index in [1.165, 1.54) is 11.3 Å². The van der Waals surface area contributed by atoms with Gasteiger partial charge in [-0.1, -0.05) is 0 Å². The highest BCUT2D eigenvalue weighted by atomic mass is 32.1. The Balaban J connectivity index is 1.44. The number of benzene rings is 1. The van der Waals surface area contributed by atoms with Gasteiger partial charge in [0.15, 0.2) is 22.3 Å². The number of anilines is 1. The Morgan fingerprint density at radius 2 is 1.88 bits per heavy atom. The van der Waals surface area contributed by atoms with Gasteiger partial charge < -0.3 is 14.8 Å². The van der Waals surface area contributed by atoms with Crippen molar-refractivity contribution in [1.82, 2.24) is 19.6 Å². The summed E-state index contributed by atoms with van der Waals surface area (Å²) in [4.78, 5) is 21.8. The fraction of sp³-hybridized carbons (Fsp3) is 0.304. The molecule has 0 aliphatic rings. The van der Waals surface area contributed by atoms with E-state index in [0.29, 0.717) is 29.5 Å². The van der Waals surface area contributed by atoms with Crippen molar-refractivity contribution in [1.29, 1.82) is 0 Å². The number of rotatable bonds is 7. The smallest absolute Gasteiger partial charge is 0.226 e. The summed E-state index contributed by atoms with van der Waals surface area (Å²) in [6, 6.07) is 7.57. The third-order valence-corrected chi connectivity index (χ3v) is 6.08. The quantitative estimate of drug-likeness (QED) is 0.449. The van der Waals surface area contributed by atoms with E-state index in [2.05, 4.69) is 20.4 Å². The van der Waals surface area contributed by atoms with E-state index in [9.17, 15) is 4.79 Å². The molecule has 1 amide bonds. The van der Waals surface area contributed by atoms with Crippen molar-refractivity contribution >= 4 is 28.0 Å². The van der Waals surface area contributed by atoms with Crippen LogP contribution in [0, 0.1) is 20.8 Å². The molecular formula is C23H25N5O3S. The molecule has 0 atom stereocenters. The van der Waals surface area contributed by atoms with E-state index in [-0.39, 0.29) is 5.91 Å². The Labute approximate surface area is 190 Å². The van der Waals surface area contributed by atoms with Crippen LogP contribution in [0.25, 0.3) is 16.9 Å². The van der Waals surface area contributed by atoms with Gasteiger partial charge in [-0.2, -0.15) is 5.10 Å². The topological polar surface area (TPSA) is 90.6 Å². The zero-order valence-electron chi connectivity index (χ0n) is 18.7. The van der Waals surface area contributed by atoms with E-state index in [4.69, 9.17) is 9.47 Å². The summed E-state index contributed by atoms with van der Waals surface area (Å²) in [5, 5.41) is 9.86. The molecule has 3 aromatic heterocycles. The van der Waals surface area contributed by atoms with Crippen LogP contribution < -0.4 is 14.8 Å². The molecule has 4 aromatic rings. The molecule has 0 spiro atoms. The number of hydrogen-bond acceptors (Lipinski definition) is 7. The minimum atomic E-state index is -0.0891. The predicted molar refractivity (Wildman–Crippen MR) is 125 cm³/mol. The van der Waals surface area contributed by atoms with Crippen molar-refractivity contribution < 1.29 is 14.3 Å². The first-order valence-corrected chi connectivity index (χ1v) is 11.1. The zero-order chi connectivity index (χ0) is 22.8. The average Bonchev–Trinajstić information content (AvgIpc) is 3.39. The molecule has 8 nitrogen and oxygen atoms in total. The monoisotopic (exact) mass is 451 g/mol. The lowest BCUT2D eigenvalue weighted by Crippen LogP contribution is -2.14. The lowest BCUT2D eigenvalue weighted by Gasteiger charge is -2.10. The summed E-state index contributed by atoms with van der Waals surface area (Å²) < 4.78 is 12.5. The van der Waals surface area contributed by atoms with Gasteiger partial charge in [0.1, 0.15) is 0 Å². The molecule has 166 valence electrons. The van der Waals surface area contributed by atoms with Crippen LogP contribution in [0.5, 0.6) is 11.5 Å². The SMILES string of the molecule is COc1ccc(-c2csc(NC(=O)CCc3c(C)nc4cc(C)nn4c3C)n2)cc1OC. The van der Waals surface area contributed by atoms with Crippen molar-refractivity contribution in [2.75, 3.05) is 19.5 Å². The second-order valence-corrected chi connectivity index (χ2v) is 8.33. The minimum absolute atomic E-state index is 0.0891. The molecule has 0 unspecified atom stereocenters. The maximum absolute atomic E-state index is 12.6. The first kappa shape index (κ1) is 21.8. The highest BCUT2D eigenvalue weighted by Gasteiger charge is 2.14. The number of carbonyl (C=O) groups is 1. The van der Waals surface area contributed by atoms with Crippen LogP contribution in [0.4, 0.5) is 5.13 Å². The van der Waals surface area contributed by atoms with E-state index in [1.54, 1.807) is 14.2 Å². The molecule has 0 saturated carbocycles. The van der Waals surface area contributed by atoms with Crippen LogP contribution >= 0.6 is 11.3 Å². The van der Waals surface area contributed by atoms with E-state index in [1.807, 2.05) is 54.9 Å². The standard InChI is InChI=1S/C23H25N5O3S/c1-13-10-21-24-14(2)17(15(3)28(21)27-13)7-9-22(29)26-23-25-18(12-32-23)16-6-8-19(30-4)20(11-16)31-5/h6,8,10-12H,7,9H2,1-5H3,(H,25,26,29). The second kappa shape index (κ2) is 8.96. The van der Waals surface area contributed by atoms with Crippen LogP contribution in [0.2, 0.25) is 0 Å². The number of aryl methyl sites for hydroxylation is 3. The van der Waals surface area contributed by atoms with Crippen LogP contribution in [-0.4, -0.2) is 39.7 Å². The van der Waals surface area contributed by atoms with Crippen molar-refractivity contribution in [3.8, 4) is 22.8 Å². The number of fused-ring (bicyclic) bond motifs is 1. The number of aromatic nitrogens is 4. The van der Waals surface area contributed by atoms with Gasteiger partial charge in [-0.05, 0) is 51.0 Å². The van der Waals surface area contributed by atoms with Gasteiger partial charge in [0.05, 0.1) is 25.6 Å². The first-order valence-electron chi connectivity index (χ1n) is 10.2. The Bertz CT molecular complexity index is 1290. The number of hydrogen-bond donors (Lipinski definition) is 1. The van der Waals surface area contributed by atoms with E-state index in [0.717, 1.165) is 39.5 Å². The molecule has 0 bridgehead atoms. The molecule has 1 aromatic carbocycles. The minimum Gasteiger partial charge on any atom is -0.493 e. The second-order valence-electron chi connectivity index (χ2n) is 7.47.